The Hall–Kier alpha value is -1.68. The first kappa shape index (κ1) is 15.4. The fourth-order valence-electron chi connectivity index (χ4n) is 1.88. The highest BCUT2D eigenvalue weighted by molar-refractivity contribution is 6.09. The Bertz CT molecular complexity index is 413. The van der Waals surface area contributed by atoms with Crippen LogP contribution in [0.15, 0.2) is 30.3 Å². The number of esters is 1. The largest absolute Gasteiger partial charge is 0.465 e. The van der Waals surface area contributed by atoms with E-state index >= 15 is 0 Å². The van der Waals surface area contributed by atoms with Crippen LogP contribution in [0.2, 0.25) is 0 Å². The van der Waals surface area contributed by atoms with Gasteiger partial charge in [0, 0.05) is 12.2 Å². The summed E-state index contributed by atoms with van der Waals surface area (Å²) in [5.41, 5.74) is 0.493. The number of carbonyl (C=O) groups excluding carboxylic acids is 2. The molecule has 0 aliphatic carbocycles. The van der Waals surface area contributed by atoms with Crippen molar-refractivity contribution in [3.63, 3.8) is 0 Å². The summed E-state index contributed by atoms with van der Waals surface area (Å²) in [4.78, 5) is 24.3. The molecule has 0 spiro atoms. The number of carbonyl (C=O) groups is 2. The Morgan fingerprint density at radius 1 is 1.11 bits per heavy atom. The predicted molar refractivity (Wildman–Crippen MR) is 72.0 cm³/mol. The third-order valence-corrected chi connectivity index (χ3v) is 2.78. The van der Waals surface area contributed by atoms with Gasteiger partial charge in [-0.15, -0.1) is 0 Å². The van der Waals surface area contributed by atoms with E-state index in [0.717, 1.165) is 0 Å². The maximum atomic E-state index is 12.4. The molecule has 0 saturated heterocycles. The van der Waals surface area contributed by atoms with E-state index in [1.54, 1.807) is 38.1 Å². The molecule has 0 saturated carbocycles. The predicted octanol–water partition coefficient (Wildman–Crippen LogP) is 2.47. The van der Waals surface area contributed by atoms with Crippen LogP contribution in [0.5, 0.6) is 0 Å². The summed E-state index contributed by atoms with van der Waals surface area (Å²) in [7, 11) is 0. The first-order valence-electron chi connectivity index (χ1n) is 6.49. The number of hydrogen-bond donors (Lipinski definition) is 0. The van der Waals surface area contributed by atoms with Crippen LogP contribution >= 0.6 is 0 Å². The SMILES string of the molecule is CCOC(=O)C(C(=O)c1ccccc1)C(C)OCC. The summed E-state index contributed by atoms with van der Waals surface area (Å²) in [6, 6.07) is 8.73. The molecule has 2 unspecified atom stereocenters. The van der Waals surface area contributed by atoms with Gasteiger partial charge in [-0.2, -0.15) is 0 Å². The number of rotatable bonds is 7. The Balaban J connectivity index is 2.96. The molecule has 0 bridgehead atoms. The lowest BCUT2D eigenvalue weighted by atomic mass is 9.93. The standard InChI is InChI=1S/C15H20O4/c1-4-18-11(3)13(15(17)19-5-2)14(16)12-9-7-6-8-10-12/h6-11,13H,4-5H2,1-3H3. The van der Waals surface area contributed by atoms with E-state index < -0.39 is 18.0 Å². The first-order chi connectivity index (χ1) is 9.11. The smallest absolute Gasteiger partial charge is 0.319 e. The van der Waals surface area contributed by atoms with Crippen molar-refractivity contribution >= 4 is 11.8 Å². The zero-order valence-electron chi connectivity index (χ0n) is 11.6. The molecule has 104 valence electrons. The van der Waals surface area contributed by atoms with Crippen LogP contribution in [0.3, 0.4) is 0 Å². The van der Waals surface area contributed by atoms with Gasteiger partial charge in [0.05, 0.1) is 12.7 Å². The number of hydrogen-bond acceptors (Lipinski definition) is 4. The van der Waals surface area contributed by atoms with E-state index in [1.807, 2.05) is 13.0 Å². The molecule has 4 heteroatoms. The molecule has 0 N–H and O–H groups in total. The summed E-state index contributed by atoms with van der Waals surface area (Å²) in [6.45, 7) is 5.94. The average molecular weight is 264 g/mol. The van der Waals surface area contributed by atoms with Gasteiger partial charge < -0.3 is 9.47 Å². The van der Waals surface area contributed by atoms with Gasteiger partial charge in [0.25, 0.3) is 0 Å². The zero-order chi connectivity index (χ0) is 14.3. The van der Waals surface area contributed by atoms with Gasteiger partial charge in [0.1, 0.15) is 5.92 Å². The van der Waals surface area contributed by atoms with Gasteiger partial charge in [-0.3, -0.25) is 9.59 Å². The monoisotopic (exact) mass is 264 g/mol. The van der Waals surface area contributed by atoms with Crippen molar-refractivity contribution in [3.05, 3.63) is 35.9 Å². The third kappa shape index (κ3) is 4.17. The molecule has 2 atom stereocenters. The van der Waals surface area contributed by atoms with Gasteiger partial charge in [-0.1, -0.05) is 30.3 Å². The van der Waals surface area contributed by atoms with E-state index in [0.29, 0.717) is 12.2 Å². The van der Waals surface area contributed by atoms with E-state index in [4.69, 9.17) is 9.47 Å². The summed E-state index contributed by atoms with van der Waals surface area (Å²) in [5.74, 6) is -1.71. The highest BCUT2D eigenvalue weighted by Crippen LogP contribution is 2.17. The van der Waals surface area contributed by atoms with E-state index in [9.17, 15) is 9.59 Å². The number of benzene rings is 1. The first-order valence-corrected chi connectivity index (χ1v) is 6.49. The van der Waals surface area contributed by atoms with E-state index in [2.05, 4.69) is 0 Å². The molecule has 0 fully saturated rings. The van der Waals surface area contributed by atoms with Crippen LogP contribution in [0.1, 0.15) is 31.1 Å². The molecule has 0 aromatic heterocycles. The van der Waals surface area contributed by atoms with Gasteiger partial charge in [-0.05, 0) is 20.8 Å². The molecule has 0 radical (unpaired) electrons. The van der Waals surface area contributed by atoms with Gasteiger partial charge >= 0.3 is 5.97 Å². The Morgan fingerprint density at radius 3 is 2.26 bits per heavy atom. The minimum absolute atomic E-state index is 0.246. The molecule has 4 nitrogen and oxygen atoms in total. The van der Waals surface area contributed by atoms with Crippen molar-refractivity contribution in [2.45, 2.75) is 26.9 Å². The zero-order valence-corrected chi connectivity index (χ0v) is 11.6. The third-order valence-electron chi connectivity index (χ3n) is 2.78. The molecule has 0 aliphatic heterocycles. The van der Waals surface area contributed by atoms with Crippen LogP contribution in [-0.2, 0) is 14.3 Å². The summed E-state index contributed by atoms with van der Waals surface area (Å²) >= 11 is 0. The second-order valence-electron chi connectivity index (χ2n) is 4.12. The van der Waals surface area contributed by atoms with E-state index in [-0.39, 0.29) is 12.4 Å². The van der Waals surface area contributed by atoms with Crippen LogP contribution in [0.25, 0.3) is 0 Å². The molecule has 1 aromatic rings. The van der Waals surface area contributed by atoms with Crippen LogP contribution in [0.4, 0.5) is 0 Å². The fraction of sp³-hybridized carbons (Fsp3) is 0.467. The van der Waals surface area contributed by atoms with Crippen molar-refractivity contribution in [2.24, 2.45) is 5.92 Å². The average Bonchev–Trinajstić information content (AvgIpc) is 2.40. The van der Waals surface area contributed by atoms with Gasteiger partial charge in [-0.25, -0.2) is 0 Å². The van der Waals surface area contributed by atoms with Crippen molar-refractivity contribution in [3.8, 4) is 0 Å². The second-order valence-corrected chi connectivity index (χ2v) is 4.12. The van der Waals surface area contributed by atoms with Crippen molar-refractivity contribution < 1.29 is 19.1 Å². The lowest BCUT2D eigenvalue weighted by Crippen LogP contribution is -2.36. The van der Waals surface area contributed by atoms with E-state index in [1.165, 1.54) is 0 Å². The number of ketones is 1. The number of Topliss-reactive ketones (excluding diaryl/α,β-unsaturated/α-hetero) is 1. The fourth-order valence-corrected chi connectivity index (χ4v) is 1.88. The Labute approximate surface area is 113 Å². The lowest BCUT2D eigenvalue weighted by Gasteiger charge is -2.21. The topological polar surface area (TPSA) is 52.6 Å². The van der Waals surface area contributed by atoms with Crippen LogP contribution < -0.4 is 0 Å². The van der Waals surface area contributed by atoms with Crippen molar-refractivity contribution in [1.29, 1.82) is 0 Å². The van der Waals surface area contributed by atoms with Gasteiger partial charge in [0.15, 0.2) is 5.78 Å². The molecular weight excluding hydrogens is 244 g/mol. The molecular formula is C15H20O4. The van der Waals surface area contributed by atoms with Crippen molar-refractivity contribution in [2.75, 3.05) is 13.2 Å². The molecule has 0 aliphatic rings. The molecule has 1 aromatic carbocycles. The number of ether oxygens (including phenoxy) is 2. The summed E-state index contributed by atoms with van der Waals surface area (Å²) < 4.78 is 10.4. The highest BCUT2D eigenvalue weighted by Gasteiger charge is 2.34. The molecule has 1 rings (SSSR count). The van der Waals surface area contributed by atoms with Crippen molar-refractivity contribution in [1.82, 2.24) is 0 Å². The van der Waals surface area contributed by atoms with Gasteiger partial charge in [0.2, 0.25) is 0 Å². The molecule has 0 heterocycles. The Kier molecular flexibility index (Phi) is 6.22. The normalized spacial score (nSPS) is 13.6. The second kappa shape index (κ2) is 7.69. The van der Waals surface area contributed by atoms with Crippen LogP contribution in [0, 0.1) is 5.92 Å². The Morgan fingerprint density at radius 2 is 1.74 bits per heavy atom. The minimum Gasteiger partial charge on any atom is -0.465 e. The summed E-state index contributed by atoms with van der Waals surface area (Å²) in [5, 5.41) is 0. The van der Waals surface area contributed by atoms with Crippen LogP contribution in [-0.4, -0.2) is 31.1 Å². The lowest BCUT2D eigenvalue weighted by molar-refractivity contribution is -0.150. The molecule has 0 amide bonds. The molecule has 19 heavy (non-hydrogen) atoms. The maximum Gasteiger partial charge on any atom is 0.319 e. The minimum atomic E-state index is -0.915. The maximum absolute atomic E-state index is 12.4. The quantitative estimate of drug-likeness (QED) is 0.431. The summed E-state index contributed by atoms with van der Waals surface area (Å²) in [6.07, 6.45) is -0.503. The highest BCUT2D eigenvalue weighted by atomic mass is 16.5.